The predicted octanol–water partition coefficient (Wildman–Crippen LogP) is 0.704. The average Bonchev–Trinajstić information content (AvgIpc) is 2.94. The first-order valence-corrected chi connectivity index (χ1v) is 8.61. The number of fused-ring (bicyclic) bond motifs is 1. The third-order valence-corrected chi connectivity index (χ3v) is 6.28. The molecule has 0 radical (unpaired) electrons. The number of nitrogens with two attached hydrogens (primary N) is 1. The number of benzene rings is 1. The maximum absolute atomic E-state index is 12.7. The molecule has 21 heavy (non-hydrogen) atoms. The predicted molar refractivity (Wildman–Crippen MR) is 79.7 cm³/mol. The topological polar surface area (TPSA) is 94.1 Å². The number of rotatable bonds is 3. The zero-order chi connectivity index (χ0) is 15.0. The molecular weight excluding hydrogens is 358 g/mol. The standard InChI is InChI=1S/C12H14BrN5O2S/c13-10-5-9(6-14)1-2-11(10)21(19,20)18-4-3-17-8-15-16-12(17)7-18/h1-2,5,8H,3-4,6-7,14H2. The lowest BCUT2D eigenvalue weighted by atomic mass is 10.2. The van der Waals surface area contributed by atoms with E-state index in [-0.39, 0.29) is 11.4 Å². The largest absolute Gasteiger partial charge is 0.326 e. The zero-order valence-electron chi connectivity index (χ0n) is 11.1. The molecule has 0 fully saturated rings. The number of halogens is 1. The smallest absolute Gasteiger partial charge is 0.244 e. The van der Waals surface area contributed by atoms with Crippen LogP contribution in [0, 0.1) is 0 Å². The Morgan fingerprint density at radius 2 is 2.14 bits per heavy atom. The van der Waals surface area contributed by atoms with Crippen molar-refractivity contribution in [2.24, 2.45) is 5.73 Å². The number of hydrogen-bond acceptors (Lipinski definition) is 5. The quantitative estimate of drug-likeness (QED) is 0.856. The fourth-order valence-electron chi connectivity index (χ4n) is 2.27. The van der Waals surface area contributed by atoms with Crippen LogP contribution in [0.1, 0.15) is 11.4 Å². The molecule has 0 saturated carbocycles. The van der Waals surface area contributed by atoms with Crippen molar-refractivity contribution in [3.63, 3.8) is 0 Å². The highest BCUT2D eigenvalue weighted by atomic mass is 79.9. The van der Waals surface area contributed by atoms with Gasteiger partial charge < -0.3 is 10.3 Å². The van der Waals surface area contributed by atoms with Gasteiger partial charge in [-0.1, -0.05) is 6.07 Å². The van der Waals surface area contributed by atoms with Crippen LogP contribution < -0.4 is 5.73 Å². The molecule has 0 atom stereocenters. The van der Waals surface area contributed by atoms with Crippen molar-refractivity contribution in [1.29, 1.82) is 0 Å². The van der Waals surface area contributed by atoms with E-state index in [0.717, 1.165) is 5.56 Å². The Balaban J connectivity index is 1.95. The molecule has 1 aliphatic rings. The van der Waals surface area contributed by atoms with Crippen LogP contribution in [0.3, 0.4) is 0 Å². The van der Waals surface area contributed by atoms with Crippen molar-refractivity contribution in [2.75, 3.05) is 6.54 Å². The Kier molecular flexibility index (Phi) is 3.82. The summed E-state index contributed by atoms with van der Waals surface area (Å²) < 4.78 is 29.3. The summed E-state index contributed by atoms with van der Waals surface area (Å²) in [5.41, 5.74) is 6.44. The molecule has 0 saturated heterocycles. The summed E-state index contributed by atoms with van der Waals surface area (Å²) >= 11 is 3.32. The molecule has 112 valence electrons. The van der Waals surface area contributed by atoms with Gasteiger partial charge in [0.25, 0.3) is 0 Å². The average molecular weight is 372 g/mol. The monoisotopic (exact) mass is 371 g/mol. The van der Waals surface area contributed by atoms with Crippen LogP contribution in [-0.2, 0) is 29.7 Å². The van der Waals surface area contributed by atoms with Crippen LogP contribution in [0.25, 0.3) is 0 Å². The minimum Gasteiger partial charge on any atom is -0.326 e. The summed E-state index contributed by atoms with van der Waals surface area (Å²) in [5, 5.41) is 7.74. The van der Waals surface area contributed by atoms with E-state index < -0.39 is 10.0 Å². The van der Waals surface area contributed by atoms with Crippen LogP contribution >= 0.6 is 15.9 Å². The molecule has 0 amide bonds. The zero-order valence-corrected chi connectivity index (χ0v) is 13.5. The second kappa shape index (κ2) is 5.48. The molecule has 9 heteroatoms. The lowest BCUT2D eigenvalue weighted by molar-refractivity contribution is 0.335. The number of nitrogens with zero attached hydrogens (tertiary/aromatic N) is 4. The third-order valence-electron chi connectivity index (χ3n) is 3.45. The van der Waals surface area contributed by atoms with E-state index in [1.165, 1.54) is 4.31 Å². The molecule has 2 N–H and O–H groups in total. The van der Waals surface area contributed by atoms with Crippen LogP contribution in [0.5, 0.6) is 0 Å². The maximum atomic E-state index is 12.7. The molecule has 0 bridgehead atoms. The minimum atomic E-state index is -3.57. The SMILES string of the molecule is NCc1ccc(S(=O)(=O)N2CCn3cnnc3C2)c(Br)c1. The van der Waals surface area contributed by atoms with Crippen molar-refractivity contribution < 1.29 is 8.42 Å². The second-order valence-corrected chi connectivity index (χ2v) is 7.51. The van der Waals surface area contributed by atoms with Gasteiger partial charge in [-0.25, -0.2) is 8.42 Å². The second-order valence-electron chi connectivity index (χ2n) is 4.75. The highest BCUT2D eigenvalue weighted by molar-refractivity contribution is 9.10. The molecule has 0 aliphatic carbocycles. The molecule has 3 rings (SSSR count). The van der Waals surface area contributed by atoms with Crippen LogP contribution in [0.4, 0.5) is 0 Å². The van der Waals surface area contributed by atoms with Gasteiger partial charge in [-0.3, -0.25) is 0 Å². The summed E-state index contributed by atoms with van der Waals surface area (Å²) in [5.74, 6) is 0.652. The highest BCUT2D eigenvalue weighted by Gasteiger charge is 2.30. The van der Waals surface area contributed by atoms with E-state index in [4.69, 9.17) is 5.73 Å². The summed E-state index contributed by atoms with van der Waals surface area (Å²) in [4.78, 5) is 0.243. The van der Waals surface area contributed by atoms with E-state index >= 15 is 0 Å². The molecule has 7 nitrogen and oxygen atoms in total. The highest BCUT2D eigenvalue weighted by Crippen LogP contribution is 2.28. The maximum Gasteiger partial charge on any atom is 0.244 e. The molecule has 1 aromatic carbocycles. The van der Waals surface area contributed by atoms with Crippen LogP contribution in [0.2, 0.25) is 0 Å². The van der Waals surface area contributed by atoms with Crippen molar-refractivity contribution in [3.05, 3.63) is 40.4 Å². The van der Waals surface area contributed by atoms with Gasteiger partial charge in [-0.15, -0.1) is 10.2 Å². The van der Waals surface area contributed by atoms with Gasteiger partial charge in [-0.2, -0.15) is 4.31 Å². The van der Waals surface area contributed by atoms with Gasteiger partial charge in [0.15, 0.2) is 0 Å². The van der Waals surface area contributed by atoms with E-state index in [0.29, 0.717) is 29.9 Å². The summed E-state index contributed by atoms with van der Waals surface area (Å²) in [7, 11) is -3.57. The molecule has 1 aromatic heterocycles. The lowest BCUT2D eigenvalue weighted by Gasteiger charge is -2.26. The Labute approximate surface area is 130 Å². The van der Waals surface area contributed by atoms with Crippen molar-refractivity contribution in [2.45, 2.75) is 24.5 Å². The summed E-state index contributed by atoms with van der Waals surface area (Å²) in [6.45, 7) is 1.55. The first-order chi connectivity index (χ1) is 10.0. The van der Waals surface area contributed by atoms with E-state index in [1.807, 2.05) is 4.57 Å². The Morgan fingerprint density at radius 1 is 1.33 bits per heavy atom. The molecule has 0 unspecified atom stereocenters. The van der Waals surface area contributed by atoms with Crippen LogP contribution in [-0.4, -0.2) is 34.0 Å². The molecule has 1 aliphatic heterocycles. The summed E-state index contributed by atoms with van der Waals surface area (Å²) in [6, 6.07) is 5.05. The fraction of sp³-hybridized carbons (Fsp3) is 0.333. The normalized spacial score (nSPS) is 15.9. The van der Waals surface area contributed by atoms with E-state index in [9.17, 15) is 8.42 Å². The molecular formula is C12H14BrN5O2S. The van der Waals surface area contributed by atoms with E-state index in [1.54, 1.807) is 24.5 Å². The minimum absolute atomic E-state index is 0.230. The van der Waals surface area contributed by atoms with Gasteiger partial charge in [0, 0.05) is 24.1 Å². The summed E-state index contributed by atoms with van der Waals surface area (Å²) in [6.07, 6.45) is 1.62. The number of hydrogen-bond donors (Lipinski definition) is 1. The fourth-order valence-corrected chi connectivity index (χ4v) is 4.74. The first kappa shape index (κ1) is 14.6. The Hall–Kier alpha value is -1.29. The lowest BCUT2D eigenvalue weighted by Crippen LogP contribution is -2.38. The van der Waals surface area contributed by atoms with Crippen LogP contribution in [0.15, 0.2) is 33.9 Å². The van der Waals surface area contributed by atoms with Gasteiger partial charge in [-0.05, 0) is 33.6 Å². The number of aromatic nitrogens is 3. The first-order valence-electron chi connectivity index (χ1n) is 6.37. The van der Waals surface area contributed by atoms with E-state index in [2.05, 4.69) is 26.1 Å². The third kappa shape index (κ3) is 2.61. The Bertz CT molecular complexity index is 774. The number of sulfonamides is 1. The van der Waals surface area contributed by atoms with Crippen molar-refractivity contribution in [1.82, 2.24) is 19.1 Å². The van der Waals surface area contributed by atoms with Crippen molar-refractivity contribution >= 4 is 26.0 Å². The van der Waals surface area contributed by atoms with Gasteiger partial charge in [0.05, 0.1) is 11.4 Å². The van der Waals surface area contributed by atoms with Gasteiger partial charge in [0.2, 0.25) is 10.0 Å². The van der Waals surface area contributed by atoms with Gasteiger partial charge >= 0.3 is 0 Å². The Morgan fingerprint density at radius 3 is 2.86 bits per heavy atom. The molecule has 0 spiro atoms. The van der Waals surface area contributed by atoms with Gasteiger partial charge in [0.1, 0.15) is 12.2 Å². The molecule has 2 heterocycles. The molecule has 2 aromatic rings. The van der Waals surface area contributed by atoms with Crippen molar-refractivity contribution in [3.8, 4) is 0 Å².